The van der Waals surface area contributed by atoms with Crippen molar-refractivity contribution < 1.29 is 14.7 Å². The zero-order valence-electron chi connectivity index (χ0n) is 19.4. The molecule has 1 atom stereocenters. The predicted octanol–water partition coefficient (Wildman–Crippen LogP) is 4.02. The molecule has 1 aromatic carbocycles. The van der Waals surface area contributed by atoms with Gasteiger partial charge in [-0.2, -0.15) is 0 Å². The number of anilines is 2. The Balaban J connectivity index is 1.16. The first kappa shape index (κ1) is 22.8. The van der Waals surface area contributed by atoms with Gasteiger partial charge in [-0.15, -0.1) is 0 Å². The van der Waals surface area contributed by atoms with Crippen molar-refractivity contribution in [2.75, 3.05) is 23.7 Å². The maximum Gasteiger partial charge on any atom is 0.309 e. The molecule has 2 saturated carbocycles. The molecule has 3 fully saturated rings. The Labute approximate surface area is 200 Å². The molecule has 180 valence electrons. The van der Waals surface area contributed by atoms with E-state index in [0.29, 0.717) is 43.0 Å². The third-order valence-corrected chi connectivity index (χ3v) is 7.43. The lowest BCUT2D eigenvalue weighted by atomic mass is 9.82. The van der Waals surface area contributed by atoms with E-state index in [1.54, 1.807) is 6.07 Å². The van der Waals surface area contributed by atoms with Gasteiger partial charge in [0.15, 0.2) is 0 Å². The third kappa shape index (κ3) is 5.55. The van der Waals surface area contributed by atoms with Crippen LogP contribution in [0.3, 0.4) is 0 Å². The Morgan fingerprint density at radius 3 is 2.38 bits per heavy atom. The van der Waals surface area contributed by atoms with Crippen LogP contribution in [0.5, 0.6) is 0 Å². The molecule has 0 spiro atoms. The van der Waals surface area contributed by atoms with Gasteiger partial charge in [0.2, 0.25) is 0 Å². The highest BCUT2D eigenvalue weighted by atomic mass is 16.4. The van der Waals surface area contributed by atoms with Crippen molar-refractivity contribution in [2.45, 2.75) is 57.5 Å². The van der Waals surface area contributed by atoms with Gasteiger partial charge in [0.1, 0.15) is 17.8 Å². The minimum absolute atomic E-state index is 0.256. The van der Waals surface area contributed by atoms with Crippen LogP contribution >= 0.6 is 0 Å². The Bertz CT molecular complexity index is 1010. The van der Waals surface area contributed by atoms with Crippen LogP contribution in [0, 0.1) is 17.8 Å². The highest BCUT2D eigenvalue weighted by Crippen LogP contribution is 2.41. The van der Waals surface area contributed by atoms with Crippen LogP contribution in [-0.2, 0) is 11.3 Å². The van der Waals surface area contributed by atoms with Crippen molar-refractivity contribution >= 4 is 23.4 Å². The van der Waals surface area contributed by atoms with E-state index in [1.165, 1.54) is 51.3 Å². The zero-order chi connectivity index (χ0) is 23.5. The third-order valence-electron chi connectivity index (χ3n) is 7.43. The number of carbonyl (C=O) groups excluding carboxylic acids is 1. The number of aromatic nitrogens is 2. The van der Waals surface area contributed by atoms with E-state index in [1.807, 2.05) is 24.3 Å². The summed E-state index contributed by atoms with van der Waals surface area (Å²) in [5, 5.41) is 15.6. The molecule has 2 aromatic rings. The fraction of sp³-hybridized carbons (Fsp3) is 0.538. The molecule has 2 heterocycles. The summed E-state index contributed by atoms with van der Waals surface area (Å²) in [6.07, 6.45) is 10.5. The number of likely N-dealkylation sites (tertiary alicyclic amines) is 1. The number of carboxylic acid groups (broad SMARTS) is 1. The Morgan fingerprint density at radius 1 is 1.00 bits per heavy atom. The van der Waals surface area contributed by atoms with E-state index >= 15 is 0 Å². The molecular weight excluding hydrogens is 430 g/mol. The molecule has 2 aliphatic carbocycles. The lowest BCUT2D eigenvalue weighted by Gasteiger charge is -2.36. The molecule has 1 saturated heterocycles. The summed E-state index contributed by atoms with van der Waals surface area (Å²) in [6.45, 7) is 1.88. The highest BCUT2D eigenvalue weighted by molar-refractivity contribution is 6.03. The van der Waals surface area contributed by atoms with Gasteiger partial charge in [-0.1, -0.05) is 31.4 Å². The molecule has 1 amide bonds. The van der Waals surface area contributed by atoms with Crippen molar-refractivity contribution in [1.82, 2.24) is 14.9 Å². The summed E-state index contributed by atoms with van der Waals surface area (Å²) in [5.41, 5.74) is 2.14. The number of rotatable bonds is 9. The molecule has 1 unspecified atom stereocenters. The first-order valence-electron chi connectivity index (χ1n) is 12.5. The second kappa shape index (κ2) is 10.1. The zero-order valence-corrected chi connectivity index (χ0v) is 19.4. The summed E-state index contributed by atoms with van der Waals surface area (Å²) in [5.74, 6) is 0.902. The van der Waals surface area contributed by atoms with Crippen LogP contribution in [0.4, 0.5) is 11.5 Å². The van der Waals surface area contributed by atoms with E-state index in [9.17, 15) is 9.59 Å². The van der Waals surface area contributed by atoms with Crippen LogP contribution in [-0.4, -0.2) is 51.0 Å². The summed E-state index contributed by atoms with van der Waals surface area (Å²) < 4.78 is 0. The molecular formula is C26H33N5O3. The highest BCUT2D eigenvalue weighted by Gasteiger charge is 2.37. The van der Waals surface area contributed by atoms with Gasteiger partial charge in [0.25, 0.3) is 5.91 Å². The maximum absolute atomic E-state index is 12.8. The fourth-order valence-electron chi connectivity index (χ4n) is 5.30. The number of nitrogens with zero attached hydrogens (tertiary/aromatic N) is 3. The van der Waals surface area contributed by atoms with Crippen LogP contribution < -0.4 is 10.6 Å². The Hall–Kier alpha value is -3.00. The predicted molar refractivity (Wildman–Crippen MR) is 130 cm³/mol. The van der Waals surface area contributed by atoms with Crippen molar-refractivity contribution in [2.24, 2.45) is 17.8 Å². The monoisotopic (exact) mass is 463 g/mol. The van der Waals surface area contributed by atoms with Crippen LogP contribution in [0.2, 0.25) is 0 Å². The number of nitrogens with one attached hydrogen (secondary N) is 2. The number of hydrogen-bond donors (Lipinski definition) is 3. The minimum Gasteiger partial charge on any atom is -0.481 e. The van der Waals surface area contributed by atoms with Crippen molar-refractivity contribution in [3.63, 3.8) is 0 Å². The van der Waals surface area contributed by atoms with Gasteiger partial charge in [-0.3, -0.25) is 14.5 Å². The number of carbonyl (C=O) groups is 2. The lowest BCUT2D eigenvalue weighted by Crippen LogP contribution is -2.49. The maximum atomic E-state index is 12.8. The Morgan fingerprint density at radius 2 is 1.71 bits per heavy atom. The summed E-state index contributed by atoms with van der Waals surface area (Å²) in [7, 11) is 0. The molecule has 8 nitrogen and oxygen atoms in total. The van der Waals surface area contributed by atoms with Crippen LogP contribution in [0.25, 0.3) is 0 Å². The van der Waals surface area contributed by atoms with E-state index in [0.717, 1.165) is 17.3 Å². The molecule has 8 heteroatoms. The van der Waals surface area contributed by atoms with Crippen molar-refractivity contribution in [3.8, 4) is 0 Å². The van der Waals surface area contributed by atoms with E-state index in [4.69, 9.17) is 5.11 Å². The largest absolute Gasteiger partial charge is 0.481 e. The van der Waals surface area contributed by atoms with E-state index < -0.39 is 5.97 Å². The SMILES string of the molecule is O=C(Nc1ccc(CN2CC(C(=O)O)C2)cc1)c1cc(NC(C2CCCCC2)C2CC2)ncn1. The number of benzene rings is 1. The number of amides is 1. The molecule has 1 aromatic heterocycles. The molecule has 3 N–H and O–H groups in total. The number of aliphatic carboxylic acids is 1. The summed E-state index contributed by atoms with van der Waals surface area (Å²) >= 11 is 0. The topological polar surface area (TPSA) is 107 Å². The average Bonchev–Trinajstić information content (AvgIpc) is 3.66. The van der Waals surface area contributed by atoms with Crippen molar-refractivity contribution in [3.05, 3.63) is 47.9 Å². The molecule has 0 bridgehead atoms. The van der Waals surface area contributed by atoms with Crippen molar-refractivity contribution in [1.29, 1.82) is 0 Å². The normalized spacial score (nSPS) is 20.4. The number of hydrogen-bond acceptors (Lipinski definition) is 6. The molecule has 34 heavy (non-hydrogen) atoms. The number of carboxylic acids is 1. The summed E-state index contributed by atoms with van der Waals surface area (Å²) in [6, 6.07) is 9.85. The Kier molecular flexibility index (Phi) is 6.76. The summed E-state index contributed by atoms with van der Waals surface area (Å²) in [4.78, 5) is 34.5. The van der Waals surface area contributed by atoms with Gasteiger partial charge >= 0.3 is 5.97 Å². The lowest BCUT2D eigenvalue weighted by molar-refractivity contribution is -0.147. The second-order valence-electron chi connectivity index (χ2n) is 10.1. The standard InChI is InChI=1S/C26H33N5O3/c32-25(29-21-10-6-17(7-11-21)13-31-14-20(15-31)26(33)34)22-12-23(28-16-27-22)30-24(19-8-9-19)18-4-2-1-3-5-18/h6-7,10-12,16,18-20,24H,1-5,8-9,13-15H2,(H,29,32)(H,33,34)(H,27,28,30). The first-order valence-corrected chi connectivity index (χ1v) is 12.5. The van der Waals surface area contributed by atoms with Gasteiger partial charge in [0.05, 0.1) is 5.92 Å². The van der Waals surface area contributed by atoms with Gasteiger partial charge in [0, 0.05) is 37.4 Å². The van der Waals surface area contributed by atoms with Gasteiger partial charge < -0.3 is 15.7 Å². The van der Waals surface area contributed by atoms with E-state index in [2.05, 4.69) is 25.5 Å². The second-order valence-corrected chi connectivity index (χ2v) is 10.1. The van der Waals surface area contributed by atoms with Crippen LogP contribution in [0.1, 0.15) is 61.0 Å². The van der Waals surface area contributed by atoms with Gasteiger partial charge in [-0.25, -0.2) is 9.97 Å². The van der Waals surface area contributed by atoms with Crippen LogP contribution in [0.15, 0.2) is 36.7 Å². The fourth-order valence-corrected chi connectivity index (χ4v) is 5.30. The minimum atomic E-state index is -0.727. The smallest absolute Gasteiger partial charge is 0.309 e. The molecule has 1 aliphatic heterocycles. The molecule has 3 aliphatic rings. The molecule has 0 radical (unpaired) electrons. The molecule has 5 rings (SSSR count). The van der Waals surface area contributed by atoms with Gasteiger partial charge in [-0.05, 0) is 55.2 Å². The average molecular weight is 464 g/mol. The van der Waals surface area contributed by atoms with E-state index in [-0.39, 0.29) is 11.8 Å². The quantitative estimate of drug-likeness (QED) is 0.516. The first-order chi connectivity index (χ1) is 16.5.